The highest BCUT2D eigenvalue weighted by molar-refractivity contribution is 6.61. The molecule has 21 heavy (non-hydrogen) atoms. The number of nitrogens with one attached hydrogen (secondary N) is 1. The number of phenols is 1. The van der Waals surface area contributed by atoms with Gasteiger partial charge in [-0.3, -0.25) is 18.0 Å². The van der Waals surface area contributed by atoms with Crippen molar-refractivity contribution in [1.29, 1.82) is 0 Å². The molecule has 1 aromatic carbocycles. The van der Waals surface area contributed by atoms with Gasteiger partial charge in [-0.2, -0.15) is 0 Å². The van der Waals surface area contributed by atoms with Gasteiger partial charge in [0.25, 0.3) is 5.56 Å². The lowest BCUT2D eigenvalue weighted by atomic mass is 9.81. The van der Waals surface area contributed by atoms with Crippen molar-refractivity contribution in [2.75, 3.05) is 0 Å². The Morgan fingerprint density at radius 2 is 2.05 bits per heavy atom. The third-order valence-corrected chi connectivity index (χ3v) is 3.00. The highest BCUT2D eigenvalue weighted by atomic mass is 19.2. The Kier molecular flexibility index (Phi) is 3.67. The number of phenolic OH excluding ortho intramolecular Hbond substituents is 1. The highest BCUT2D eigenvalue weighted by Gasteiger charge is 2.28. The van der Waals surface area contributed by atoms with Crippen molar-refractivity contribution in [2.24, 2.45) is 7.05 Å². The second kappa shape index (κ2) is 5.15. The molecule has 2 N–H and O–H groups in total. The lowest BCUT2D eigenvalue weighted by Crippen LogP contribution is -2.32. The third-order valence-electron chi connectivity index (χ3n) is 3.00. The Morgan fingerprint density at radius 3 is 2.52 bits per heavy atom. The van der Waals surface area contributed by atoms with Crippen LogP contribution in [0.1, 0.15) is 5.56 Å². The molecule has 2 aromatic rings. The molecule has 4 nitrogen and oxygen atoms in total. The predicted molar refractivity (Wildman–Crippen MR) is 70.0 cm³/mol. The monoisotopic (exact) mass is 300 g/mol. The lowest BCUT2D eigenvalue weighted by molar-refractivity contribution is 0.397. The van der Waals surface area contributed by atoms with E-state index in [-0.39, 0.29) is 10.8 Å². The molecule has 0 saturated carbocycles. The summed E-state index contributed by atoms with van der Waals surface area (Å²) >= 11 is 0. The zero-order chi connectivity index (χ0) is 15.9. The quantitative estimate of drug-likeness (QED) is 0.584. The van der Waals surface area contributed by atoms with Crippen LogP contribution in [0.4, 0.5) is 17.4 Å². The lowest BCUT2D eigenvalue weighted by Gasteiger charge is -2.07. The Balaban J connectivity index is 2.84. The van der Waals surface area contributed by atoms with Crippen LogP contribution in [0, 0.1) is 11.6 Å². The normalized spacial score (nSPS) is 12.0. The van der Waals surface area contributed by atoms with Gasteiger partial charge < -0.3 is 10.1 Å². The molecule has 0 bridgehead atoms. The fourth-order valence-electron chi connectivity index (χ4n) is 1.83. The molecule has 2 rings (SSSR count). The molecule has 0 aliphatic heterocycles. The number of rotatable bonds is 2. The minimum Gasteiger partial charge on any atom is -0.503 e. The molecule has 0 aliphatic carbocycles. The maximum atomic E-state index is 13.6. The van der Waals surface area contributed by atoms with Gasteiger partial charge in [-0.15, -0.1) is 0 Å². The van der Waals surface area contributed by atoms with E-state index in [0.29, 0.717) is 6.07 Å². The van der Waals surface area contributed by atoms with Crippen LogP contribution >= 0.6 is 0 Å². The van der Waals surface area contributed by atoms with Crippen LogP contribution < -0.4 is 21.9 Å². The minimum absolute atomic E-state index is 0.158. The fraction of sp³-hybridized carbons (Fsp3) is 0.0833. The van der Waals surface area contributed by atoms with Crippen molar-refractivity contribution >= 4 is 25.4 Å². The van der Waals surface area contributed by atoms with E-state index in [1.54, 1.807) is 0 Å². The molecule has 0 fully saturated rings. The number of aromatic hydroxyl groups is 1. The van der Waals surface area contributed by atoms with Crippen molar-refractivity contribution in [3.63, 3.8) is 0 Å². The predicted octanol–water partition coefficient (Wildman–Crippen LogP) is -0.430. The fourth-order valence-corrected chi connectivity index (χ4v) is 1.83. The van der Waals surface area contributed by atoms with E-state index in [1.165, 1.54) is 7.05 Å². The molecule has 0 atom stereocenters. The molecule has 0 amide bonds. The summed E-state index contributed by atoms with van der Waals surface area (Å²) in [7, 11) is -1.90. The summed E-state index contributed by atoms with van der Waals surface area (Å²) in [5, 5.41) is 8.89. The van der Waals surface area contributed by atoms with E-state index in [4.69, 9.17) is 5.11 Å². The van der Waals surface area contributed by atoms with Gasteiger partial charge >= 0.3 is 7.27 Å². The Morgan fingerprint density at radius 1 is 1.43 bits per heavy atom. The molecule has 0 spiro atoms. The first-order valence-electron chi connectivity index (χ1n) is 5.68. The van der Waals surface area contributed by atoms with Crippen LogP contribution in [0.15, 0.2) is 10.9 Å². The topological polar surface area (TPSA) is 58.0 Å². The second-order valence-corrected chi connectivity index (χ2v) is 4.32. The van der Waals surface area contributed by atoms with Gasteiger partial charge in [0.2, 0.25) is 0 Å². The molecule has 9 heteroatoms. The molecular formula is C12H9BF4N2O2. The van der Waals surface area contributed by atoms with Gasteiger partial charge in [-0.25, -0.2) is 8.78 Å². The molecule has 0 unspecified atom stereocenters. The molecular weight excluding hydrogens is 291 g/mol. The average Bonchev–Trinajstić information content (AvgIpc) is 2.63. The second-order valence-electron chi connectivity index (χ2n) is 4.32. The minimum atomic E-state index is -3.29. The summed E-state index contributed by atoms with van der Waals surface area (Å²) in [5.41, 5.74) is -2.12. The highest BCUT2D eigenvalue weighted by Crippen LogP contribution is 2.21. The number of aromatic nitrogens is 2. The van der Waals surface area contributed by atoms with Crippen LogP contribution in [0.3, 0.4) is 0 Å². The van der Waals surface area contributed by atoms with Gasteiger partial charge in [0, 0.05) is 12.5 Å². The number of imidazole rings is 1. The number of hydrogen-bond acceptors (Lipinski definition) is 2. The molecule has 1 aromatic heterocycles. The van der Waals surface area contributed by atoms with Crippen LogP contribution in [0.25, 0.3) is 12.7 Å². The third kappa shape index (κ3) is 2.46. The molecule has 0 aliphatic rings. The maximum absolute atomic E-state index is 13.6. The number of nitrogens with zero attached hydrogens (tertiary/aromatic N) is 1. The van der Waals surface area contributed by atoms with Gasteiger partial charge in [0.1, 0.15) is 10.8 Å². The Labute approximate surface area is 115 Å². The number of halogens is 4. The van der Waals surface area contributed by atoms with E-state index < -0.39 is 41.2 Å². The SMILES string of the molecule is C=c1[nH]/c(=C\c2cc(F)c(O)c(F)c2B(F)F)c(=O)n1C. The first-order chi connectivity index (χ1) is 9.73. The van der Waals surface area contributed by atoms with E-state index in [1.807, 2.05) is 0 Å². The first-order valence-corrected chi connectivity index (χ1v) is 5.68. The smallest absolute Gasteiger partial charge is 0.503 e. The van der Waals surface area contributed by atoms with Gasteiger partial charge in [0.15, 0.2) is 17.4 Å². The van der Waals surface area contributed by atoms with Crippen LogP contribution in [-0.2, 0) is 7.05 Å². The van der Waals surface area contributed by atoms with E-state index in [0.717, 1.165) is 10.6 Å². The van der Waals surface area contributed by atoms with Crippen molar-refractivity contribution in [3.05, 3.63) is 44.4 Å². The van der Waals surface area contributed by atoms with Gasteiger partial charge in [-0.1, -0.05) is 6.58 Å². The zero-order valence-electron chi connectivity index (χ0n) is 10.8. The Bertz CT molecular complexity index is 873. The van der Waals surface area contributed by atoms with Crippen LogP contribution in [0.2, 0.25) is 0 Å². The number of aromatic amines is 1. The molecule has 0 radical (unpaired) electrons. The molecule has 110 valence electrons. The van der Waals surface area contributed by atoms with E-state index in [9.17, 15) is 22.2 Å². The molecule has 0 saturated heterocycles. The summed E-state index contributed by atoms with van der Waals surface area (Å²) in [6.07, 6.45) is 0.879. The summed E-state index contributed by atoms with van der Waals surface area (Å²) in [5.74, 6) is -4.64. The summed E-state index contributed by atoms with van der Waals surface area (Å²) in [6.45, 7) is 3.50. The van der Waals surface area contributed by atoms with E-state index >= 15 is 0 Å². The van der Waals surface area contributed by atoms with Crippen molar-refractivity contribution in [1.82, 2.24) is 9.55 Å². The first kappa shape index (κ1) is 15.0. The van der Waals surface area contributed by atoms with Crippen LogP contribution in [0.5, 0.6) is 5.75 Å². The average molecular weight is 300 g/mol. The van der Waals surface area contributed by atoms with Crippen molar-refractivity contribution < 1.29 is 22.5 Å². The number of hydrogen-bond donors (Lipinski definition) is 2. The zero-order valence-corrected chi connectivity index (χ0v) is 10.8. The number of benzene rings is 1. The summed E-state index contributed by atoms with van der Waals surface area (Å²) in [6, 6.07) is 0.531. The van der Waals surface area contributed by atoms with Crippen molar-refractivity contribution in [3.8, 4) is 5.75 Å². The number of H-pyrrole nitrogens is 1. The standard InChI is InChI=1S/C12H9BF4N2O2/c1-5-18-8(12(21)19(5)2)4-6-3-7(14)11(20)10(15)9(6)13(16)17/h3-4,18,20H,1H2,2H3/b8-4-. The van der Waals surface area contributed by atoms with Gasteiger partial charge in [-0.05, 0) is 17.7 Å². The summed E-state index contributed by atoms with van der Waals surface area (Å²) in [4.78, 5) is 14.3. The maximum Gasteiger partial charge on any atom is 0.575 e. The molecule has 1 heterocycles. The summed E-state index contributed by atoms with van der Waals surface area (Å²) < 4.78 is 53.8. The van der Waals surface area contributed by atoms with Crippen molar-refractivity contribution in [2.45, 2.75) is 0 Å². The van der Waals surface area contributed by atoms with E-state index in [2.05, 4.69) is 11.6 Å². The Hall–Kier alpha value is -2.45. The largest absolute Gasteiger partial charge is 0.575 e. The van der Waals surface area contributed by atoms with Gasteiger partial charge in [0.05, 0.1) is 0 Å². The van der Waals surface area contributed by atoms with Crippen LogP contribution in [-0.4, -0.2) is 21.9 Å².